The van der Waals surface area contributed by atoms with Crippen LogP contribution in [0.2, 0.25) is 0 Å². The summed E-state index contributed by atoms with van der Waals surface area (Å²) in [4.78, 5) is 4.72. The molecule has 0 amide bonds. The predicted octanol–water partition coefficient (Wildman–Crippen LogP) is 5.04. The molecule has 0 saturated heterocycles. The molecule has 3 heterocycles. The minimum Gasteiger partial charge on any atom is -0.436 e. The SMILES string of the molecule is CC(C)n1nnc2cc(-c3nc4c(ccc5sccc54)o3)ccc21. The first-order valence-electron chi connectivity index (χ1n) is 7.83. The summed E-state index contributed by atoms with van der Waals surface area (Å²) in [6.45, 7) is 4.18. The highest BCUT2D eigenvalue weighted by atomic mass is 32.1. The summed E-state index contributed by atoms with van der Waals surface area (Å²) >= 11 is 1.71. The third-order valence-corrected chi connectivity index (χ3v) is 5.08. The maximum Gasteiger partial charge on any atom is 0.227 e. The Labute approximate surface area is 141 Å². The third kappa shape index (κ3) is 1.89. The van der Waals surface area contributed by atoms with Gasteiger partial charge in [0.25, 0.3) is 0 Å². The molecule has 0 aliphatic carbocycles. The van der Waals surface area contributed by atoms with Crippen LogP contribution in [-0.2, 0) is 0 Å². The van der Waals surface area contributed by atoms with Gasteiger partial charge in [0.15, 0.2) is 5.58 Å². The largest absolute Gasteiger partial charge is 0.436 e. The van der Waals surface area contributed by atoms with Crippen molar-refractivity contribution in [3.05, 3.63) is 41.8 Å². The number of aromatic nitrogens is 4. The lowest BCUT2D eigenvalue weighted by atomic mass is 10.2. The van der Waals surface area contributed by atoms with Crippen molar-refractivity contribution in [3.8, 4) is 11.5 Å². The highest BCUT2D eigenvalue weighted by molar-refractivity contribution is 7.17. The maximum absolute atomic E-state index is 5.97. The zero-order valence-electron chi connectivity index (χ0n) is 13.2. The van der Waals surface area contributed by atoms with Crippen LogP contribution in [0.4, 0.5) is 0 Å². The van der Waals surface area contributed by atoms with Crippen LogP contribution >= 0.6 is 11.3 Å². The van der Waals surface area contributed by atoms with Gasteiger partial charge in [-0.05, 0) is 55.6 Å². The number of nitrogens with zero attached hydrogens (tertiary/aromatic N) is 4. The quantitative estimate of drug-likeness (QED) is 0.454. The number of rotatable bonds is 2. The first-order valence-corrected chi connectivity index (χ1v) is 8.71. The highest BCUT2D eigenvalue weighted by Gasteiger charge is 2.14. The van der Waals surface area contributed by atoms with Crippen molar-refractivity contribution in [2.45, 2.75) is 19.9 Å². The van der Waals surface area contributed by atoms with Gasteiger partial charge in [0.2, 0.25) is 5.89 Å². The van der Waals surface area contributed by atoms with Crippen molar-refractivity contribution in [2.24, 2.45) is 0 Å². The number of hydrogen-bond acceptors (Lipinski definition) is 5. The Morgan fingerprint density at radius 2 is 2.04 bits per heavy atom. The van der Waals surface area contributed by atoms with Crippen molar-refractivity contribution in [2.75, 3.05) is 0 Å². The van der Waals surface area contributed by atoms with E-state index in [0.29, 0.717) is 5.89 Å². The number of benzene rings is 2. The topological polar surface area (TPSA) is 56.7 Å². The second-order valence-electron chi connectivity index (χ2n) is 6.09. The summed E-state index contributed by atoms with van der Waals surface area (Å²) < 4.78 is 9.11. The summed E-state index contributed by atoms with van der Waals surface area (Å²) in [6, 6.07) is 12.5. The molecule has 0 fully saturated rings. The molecule has 24 heavy (non-hydrogen) atoms. The second kappa shape index (κ2) is 4.88. The fourth-order valence-corrected chi connectivity index (χ4v) is 3.80. The van der Waals surface area contributed by atoms with Gasteiger partial charge in [0.1, 0.15) is 11.0 Å². The Morgan fingerprint density at radius 1 is 1.12 bits per heavy atom. The molecule has 6 heteroatoms. The van der Waals surface area contributed by atoms with E-state index in [1.807, 2.05) is 28.9 Å². The molecule has 0 atom stereocenters. The van der Waals surface area contributed by atoms with E-state index < -0.39 is 0 Å². The van der Waals surface area contributed by atoms with E-state index in [4.69, 9.17) is 9.40 Å². The standard InChI is InChI=1S/C18H14N4OS/c1-10(2)22-14-4-3-11(9-13(14)20-21-22)18-19-17-12-7-8-24-16(12)6-5-15(17)23-18/h3-10H,1-2H3. The Balaban J connectivity index is 1.70. The lowest BCUT2D eigenvalue weighted by Gasteiger charge is -2.04. The molecule has 5 rings (SSSR count). The second-order valence-corrected chi connectivity index (χ2v) is 7.04. The Morgan fingerprint density at radius 3 is 2.92 bits per heavy atom. The van der Waals surface area contributed by atoms with E-state index in [1.165, 1.54) is 4.70 Å². The molecule has 0 saturated carbocycles. The van der Waals surface area contributed by atoms with Crippen LogP contribution < -0.4 is 0 Å². The van der Waals surface area contributed by atoms with Crippen LogP contribution in [0.3, 0.4) is 0 Å². The number of thiophene rings is 1. The molecule has 5 aromatic rings. The van der Waals surface area contributed by atoms with Gasteiger partial charge in [-0.3, -0.25) is 0 Å². The van der Waals surface area contributed by atoms with Gasteiger partial charge >= 0.3 is 0 Å². The molecular formula is C18H14N4OS. The van der Waals surface area contributed by atoms with Crippen molar-refractivity contribution in [1.29, 1.82) is 0 Å². The van der Waals surface area contributed by atoms with Crippen molar-refractivity contribution in [1.82, 2.24) is 20.0 Å². The van der Waals surface area contributed by atoms with E-state index in [-0.39, 0.29) is 6.04 Å². The number of oxazole rings is 1. The van der Waals surface area contributed by atoms with E-state index in [1.54, 1.807) is 11.3 Å². The smallest absolute Gasteiger partial charge is 0.227 e. The molecular weight excluding hydrogens is 320 g/mol. The summed E-state index contributed by atoms with van der Waals surface area (Å²) in [7, 11) is 0. The van der Waals surface area contributed by atoms with Crippen molar-refractivity contribution >= 4 is 43.6 Å². The molecule has 0 unspecified atom stereocenters. The molecule has 118 valence electrons. The molecule has 5 nitrogen and oxygen atoms in total. The lowest BCUT2D eigenvalue weighted by molar-refractivity contribution is 0.530. The van der Waals surface area contributed by atoms with Gasteiger partial charge in [-0.2, -0.15) is 0 Å². The molecule has 0 bridgehead atoms. The predicted molar refractivity (Wildman–Crippen MR) is 96.3 cm³/mol. The van der Waals surface area contributed by atoms with Crippen molar-refractivity contribution < 1.29 is 4.42 Å². The monoisotopic (exact) mass is 334 g/mol. The van der Waals surface area contributed by atoms with Crippen LogP contribution in [-0.4, -0.2) is 20.0 Å². The highest BCUT2D eigenvalue weighted by Crippen LogP contribution is 2.32. The Kier molecular flexibility index (Phi) is 2.78. The molecule has 0 radical (unpaired) electrons. The summed E-state index contributed by atoms with van der Waals surface area (Å²) in [5, 5.41) is 11.7. The maximum atomic E-state index is 5.97. The molecule has 0 aliphatic heterocycles. The van der Waals surface area contributed by atoms with Gasteiger partial charge in [-0.1, -0.05) is 5.21 Å². The summed E-state index contributed by atoms with van der Waals surface area (Å²) in [5.74, 6) is 0.615. The molecule has 0 spiro atoms. The van der Waals surface area contributed by atoms with Gasteiger partial charge in [-0.25, -0.2) is 9.67 Å². The van der Waals surface area contributed by atoms with Gasteiger partial charge < -0.3 is 4.42 Å². The molecule has 2 aromatic carbocycles. The summed E-state index contributed by atoms with van der Waals surface area (Å²) in [6.07, 6.45) is 0. The number of hydrogen-bond donors (Lipinski definition) is 0. The normalized spacial score (nSPS) is 12.1. The van der Waals surface area contributed by atoms with Crippen LogP contribution in [0.1, 0.15) is 19.9 Å². The van der Waals surface area contributed by atoms with Gasteiger partial charge in [0, 0.05) is 21.7 Å². The van der Waals surface area contributed by atoms with E-state index in [9.17, 15) is 0 Å². The Hall–Kier alpha value is -2.73. The van der Waals surface area contributed by atoms with E-state index >= 15 is 0 Å². The number of fused-ring (bicyclic) bond motifs is 4. The van der Waals surface area contributed by atoms with Gasteiger partial charge in [-0.15, -0.1) is 16.4 Å². The minimum absolute atomic E-state index is 0.275. The van der Waals surface area contributed by atoms with Crippen LogP contribution in [0.15, 0.2) is 46.2 Å². The minimum atomic E-state index is 0.275. The Bertz CT molecular complexity index is 1200. The molecule has 3 aromatic heterocycles. The lowest BCUT2D eigenvalue weighted by Crippen LogP contribution is -2.02. The van der Waals surface area contributed by atoms with Crippen LogP contribution in [0, 0.1) is 0 Å². The zero-order chi connectivity index (χ0) is 16.3. The van der Waals surface area contributed by atoms with Crippen LogP contribution in [0.25, 0.3) is 43.7 Å². The fourth-order valence-electron chi connectivity index (χ4n) is 3.01. The fraction of sp³-hybridized carbons (Fsp3) is 0.167. The van der Waals surface area contributed by atoms with E-state index in [2.05, 4.69) is 41.7 Å². The van der Waals surface area contributed by atoms with Gasteiger partial charge in [0.05, 0.1) is 5.52 Å². The average molecular weight is 334 g/mol. The van der Waals surface area contributed by atoms with Crippen molar-refractivity contribution in [3.63, 3.8) is 0 Å². The first-order chi connectivity index (χ1) is 11.7. The average Bonchev–Trinajstić information content (AvgIpc) is 3.29. The third-order valence-electron chi connectivity index (χ3n) is 4.20. The summed E-state index contributed by atoms with van der Waals surface area (Å²) in [5.41, 5.74) is 4.50. The first kappa shape index (κ1) is 13.7. The molecule has 0 N–H and O–H groups in total. The molecule has 0 aliphatic rings. The van der Waals surface area contributed by atoms with E-state index in [0.717, 1.165) is 33.1 Å². The zero-order valence-corrected chi connectivity index (χ0v) is 14.0. The van der Waals surface area contributed by atoms with Crippen LogP contribution in [0.5, 0.6) is 0 Å².